The van der Waals surface area contributed by atoms with Crippen molar-refractivity contribution in [1.82, 2.24) is 5.32 Å². The molecule has 120 valence electrons. The van der Waals surface area contributed by atoms with Gasteiger partial charge < -0.3 is 20.3 Å². The molecule has 0 spiro atoms. The molecule has 0 aromatic heterocycles. The van der Waals surface area contributed by atoms with E-state index in [1.54, 1.807) is 0 Å². The molecule has 0 aliphatic heterocycles. The van der Waals surface area contributed by atoms with E-state index in [4.69, 9.17) is 9.84 Å². The van der Waals surface area contributed by atoms with Gasteiger partial charge in [0.1, 0.15) is 6.10 Å². The predicted octanol–water partition coefficient (Wildman–Crippen LogP) is 0.0961. The summed E-state index contributed by atoms with van der Waals surface area (Å²) >= 11 is 0. The Morgan fingerprint density at radius 2 is 2.00 bits per heavy atom. The van der Waals surface area contributed by atoms with E-state index in [1.165, 1.54) is 26.0 Å². The topological polar surface area (TPSA) is 130 Å². The Morgan fingerprint density at radius 1 is 1.36 bits per heavy atom. The summed E-state index contributed by atoms with van der Waals surface area (Å²) in [5.74, 6) is -4.12. The van der Waals surface area contributed by atoms with Crippen LogP contribution in [0.3, 0.4) is 0 Å². The van der Waals surface area contributed by atoms with Crippen molar-refractivity contribution >= 4 is 23.8 Å². The van der Waals surface area contributed by atoms with Crippen LogP contribution >= 0.6 is 0 Å². The van der Waals surface area contributed by atoms with Gasteiger partial charge in [-0.15, -0.1) is 0 Å². The molecule has 1 aliphatic rings. The monoisotopic (exact) mass is 311 g/mol. The van der Waals surface area contributed by atoms with Crippen LogP contribution in [0.25, 0.3) is 0 Å². The minimum Gasteiger partial charge on any atom is -0.480 e. The maximum Gasteiger partial charge on any atom is 0.331 e. The zero-order chi connectivity index (χ0) is 16.9. The minimum absolute atomic E-state index is 0.0760. The molecule has 0 aromatic rings. The number of hydrogen-bond donors (Lipinski definition) is 3. The molecule has 0 saturated carbocycles. The largest absolute Gasteiger partial charge is 0.480 e. The molecule has 0 aromatic carbocycles. The van der Waals surface area contributed by atoms with Gasteiger partial charge in [0.2, 0.25) is 5.91 Å². The molecule has 8 nitrogen and oxygen atoms in total. The Labute approximate surface area is 126 Å². The van der Waals surface area contributed by atoms with Gasteiger partial charge in [0.05, 0.1) is 6.54 Å². The van der Waals surface area contributed by atoms with E-state index in [-0.39, 0.29) is 12.1 Å². The maximum absolute atomic E-state index is 12.2. The summed E-state index contributed by atoms with van der Waals surface area (Å²) < 4.78 is 4.82. The molecule has 0 radical (unpaired) electrons. The van der Waals surface area contributed by atoms with E-state index in [0.717, 1.165) is 6.08 Å². The van der Waals surface area contributed by atoms with Gasteiger partial charge in [-0.05, 0) is 6.92 Å². The number of carbonyl (C=O) groups excluding carboxylic acids is 2. The number of carboxylic acid groups (broad SMARTS) is 2. The highest BCUT2D eigenvalue weighted by atomic mass is 16.5. The fraction of sp³-hybridized carbons (Fsp3) is 0.429. The quantitative estimate of drug-likeness (QED) is 0.468. The van der Waals surface area contributed by atoms with Crippen molar-refractivity contribution in [3.05, 3.63) is 23.8 Å². The van der Waals surface area contributed by atoms with Gasteiger partial charge in [0.25, 0.3) is 0 Å². The van der Waals surface area contributed by atoms with Crippen LogP contribution in [0.2, 0.25) is 0 Å². The zero-order valence-electron chi connectivity index (χ0n) is 12.2. The predicted molar refractivity (Wildman–Crippen MR) is 73.8 cm³/mol. The first kappa shape index (κ1) is 17.4. The highest BCUT2D eigenvalue weighted by molar-refractivity contribution is 6.06. The lowest BCUT2D eigenvalue weighted by molar-refractivity contribution is -0.154. The summed E-state index contributed by atoms with van der Waals surface area (Å²) in [6, 6.07) is 0. The Morgan fingerprint density at radius 3 is 2.50 bits per heavy atom. The third-order valence-corrected chi connectivity index (χ3v) is 3.13. The van der Waals surface area contributed by atoms with E-state index >= 15 is 0 Å². The standard InChI is InChI=1S/C14H17NO7/c1-8(22-9(2)16)7-15-12(19)14(13(20)21)5-3-4-10(6-14)11(17)18/h3-5,8H,6-7H2,1-2H3,(H,15,19)(H,17,18)(H,20,21). The number of rotatable bonds is 6. The number of ether oxygens (including phenoxy) is 1. The van der Waals surface area contributed by atoms with Crippen molar-refractivity contribution in [2.75, 3.05) is 6.54 Å². The molecule has 1 amide bonds. The lowest BCUT2D eigenvalue weighted by Gasteiger charge is -2.27. The number of hydrogen-bond acceptors (Lipinski definition) is 5. The zero-order valence-corrected chi connectivity index (χ0v) is 12.2. The average Bonchev–Trinajstić information content (AvgIpc) is 2.43. The van der Waals surface area contributed by atoms with Gasteiger partial charge in [-0.3, -0.25) is 14.4 Å². The molecule has 0 bridgehead atoms. The smallest absolute Gasteiger partial charge is 0.331 e. The lowest BCUT2D eigenvalue weighted by atomic mass is 9.77. The van der Waals surface area contributed by atoms with E-state index in [1.807, 2.05) is 0 Å². The Hall–Kier alpha value is -2.64. The van der Waals surface area contributed by atoms with Gasteiger partial charge in [-0.1, -0.05) is 18.2 Å². The molecule has 1 aliphatic carbocycles. The van der Waals surface area contributed by atoms with Crippen LogP contribution in [-0.4, -0.2) is 46.7 Å². The Kier molecular flexibility index (Phi) is 5.44. The summed E-state index contributed by atoms with van der Waals surface area (Å²) in [6.07, 6.45) is 2.54. The normalized spacial score (nSPS) is 21.5. The number of allylic oxidation sites excluding steroid dienone is 2. The molecular formula is C14H17NO7. The highest BCUT2D eigenvalue weighted by Crippen LogP contribution is 2.32. The van der Waals surface area contributed by atoms with Gasteiger partial charge in [-0.2, -0.15) is 0 Å². The second kappa shape index (κ2) is 6.88. The molecule has 8 heteroatoms. The minimum atomic E-state index is -1.99. The average molecular weight is 311 g/mol. The summed E-state index contributed by atoms with van der Waals surface area (Å²) in [7, 11) is 0. The van der Waals surface area contributed by atoms with Crippen molar-refractivity contribution in [1.29, 1.82) is 0 Å². The third kappa shape index (κ3) is 3.94. The molecule has 0 fully saturated rings. The fourth-order valence-electron chi connectivity index (χ4n) is 2.01. The highest BCUT2D eigenvalue weighted by Gasteiger charge is 2.46. The number of carbonyl (C=O) groups is 4. The van der Waals surface area contributed by atoms with Crippen LogP contribution in [0.5, 0.6) is 0 Å². The Balaban J connectivity index is 2.84. The SMILES string of the molecule is CC(=O)OC(C)CNC(=O)C1(C(=O)O)C=CC=C(C(=O)O)C1. The molecular weight excluding hydrogens is 294 g/mol. The van der Waals surface area contributed by atoms with E-state index in [0.29, 0.717) is 0 Å². The Bertz CT molecular complexity index is 564. The molecule has 22 heavy (non-hydrogen) atoms. The van der Waals surface area contributed by atoms with E-state index in [2.05, 4.69) is 5.32 Å². The van der Waals surface area contributed by atoms with Crippen LogP contribution < -0.4 is 5.32 Å². The lowest BCUT2D eigenvalue weighted by Crippen LogP contribution is -2.48. The van der Waals surface area contributed by atoms with E-state index in [9.17, 15) is 24.3 Å². The number of esters is 1. The van der Waals surface area contributed by atoms with Crippen molar-refractivity contribution < 1.29 is 34.1 Å². The molecule has 2 unspecified atom stereocenters. The fourth-order valence-corrected chi connectivity index (χ4v) is 2.01. The van der Waals surface area contributed by atoms with Gasteiger partial charge in [0.15, 0.2) is 5.41 Å². The van der Waals surface area contributed by atoms with Crippen molar-refractivity contribution in [3.8, 4) is 0 Å². The van der Waals surface area contributed by atoms with Gasteiger partial charge >= 0.3 is 17.9 Å². The molecule has 3 N–H and O–H groups in total. The molecule has 0 saturated heterocycles. The van der Waals surface area contributed by atoms with Crippen molar-refractivity contribution in [3.63, 3.8) is 0 Å². The first-order chi connectivity index (χ1) is 10.2. The molecule has 0 heterocycles. The number of amides is 1. The van der Waals surface area contributed by atoms with Crippen molar-refractivity contribution in [2.45, 2.75) is 26.4 Å². The van der Waals surface area contributed by atoms with Gasteiger partial charge in [-0.25, -0.2) is 4.79 Å². The maximum atomic E-state index is 12.2. The summed E-state index contributed by atoms with van der Waals surface area (Å²) in [5.41, 5.74) is -2.16. The summed E-state index contributed by atoms with van der Waals surface area (Å²) in [5, 5.41) is 20.7. The van der Waals surface area contributed by atoms with Crippen LogP contribution in [0.15, 0.2) is 23.8 Å². The number of nitrogens with one attached hydrogen (secondary N) is 1. The number of aliphatic carboxylic acids is 2. The van der Waals surface area contributed by atoms with Crippen LogP contribution in [0, 0.1) is 5.41 Å². The molecule has 2 atom stereocenters. The third-order valence-electron chi connectivity index (χ3n) is 3.13. The molecule has 1 rings (SSSR count). The second-order valence-corrected chi connectivity index (χ2v) is 4.94. The summed E-state index contributed by atoms with van der Waals surface area (Å²) in [4.78, 5) is 45.5. The van der Waals surface area contributed by atoms with Crippen LogP contribution in [-0.2, 0) is 23.9 Å². The number of carboxylic acids is 2. The first-order valence-electron chi connectivity index (χ1n) is 6.49. The van der Waals surface area contributed by atoms with Crippen LogP contribution in [0.4, 0.5) is 0 Å². The van der Waals surface area contributed by atoms with Crippen molar-refractivity contribution in [2.24, 2.45) is 5.41 Å². The van der Waals surface area contributed by atoms with Gasteiger partial charge in [0, 0.05) is 18.9 Å². The van der Waals surface area contributed by atoms with Crippen LogP contribution in [0.1, 0.15) is 20.3 Å². The first-order valence-corrected chi connectivity index (χ1v) is 6.49. The second-order valence-electron chi connectivity index (χ2n) is 4.94. The summed E-state index contributed by atoms with van der Waals surface area (Å²) in [6.45, 7) is 2.67. The van der Waals surface area contributed by atoms with E-state index < -0.39 is 41.8 Å².